The molecule has 1 unspecified atom stereocenters. The summed E-state index contributed by atoms with van der Waals surface area (Å²) < 4.78 is 6.90. The maximum Gasteiger partial charge on any atom is 0.159 e. The normalized spacial score (nSPS) is 14.5. The van der Waals surface area contributed by atoms with Crippen molar-refractivity contribution in [3.63, 3.8) is 0 Å². The zero-order chi connectivity index (χ0) is 33.7. The summed E-state index contributed by atoms with van der Waals surface area (Å²) in [4.78, 5) is 10.3. The van der Waals surface area contributed by atoms with E-state index in [2.05, 4.69) is 145 Å². The number of benzene rings is 8. The monoisotopic (exact) mass is 653 g/mol. The van der Waals surface area contributed by atoms with Crippen molar-refractivity contribution in [1.29, 1.82) is 0 Å². The van der Waals surface area contributed by atoms with Crippen LogP contribution in [0.1, 0.15) is 22.9 Å². The van der Waals surface area contributed by atoms with Gasteiger partial charge in [0.2, 0.25) is 0 Å². The van der Waals surface area contributed by atoms with Crippen molar-refractivity contribution in [3.8, 4) is 22.3 Å². The number of aliphatic imine (C=N–C) groups is 2. The second-order valence-corrected chi connectivity index (χ2v) is 13.0. The van der Waals surface area contributed by atoms with Crippen molar-refractivity contribution in [3.05, 3.63) is 193 Å². The fourth-order valence-corrected chi connectivity index (χ4v) is 7.43. The van der Waals surface area contributed by atoms with Gasteiger partial charge in [-0.05, 0) is 74.1 Å². The van der Waals surface area contributed by atoms with Crippen LogP contribution in [0, 0.1) is 0 Å². The lowest BCUT2D eigenvalue weighted by Crippen LogP contribution is -2.33. The van der Waals surface area contributed by atoms with Crippen molar-refractivity contribution >= 4 is 55.2 Å². The highest BCUT2D eigenvalue weighted by Gasteiger charge is 2.25. The standard InChI is InChI=1S/C47H31N3O/c1-3-14-31(15-4-1)45-48-46(32-16-5-2-6-17-32)50-47(49-45)40-26-25-39(44-43(40)41-28-33-18-7-8-19-34(33)29-42(41)51-44)36-22-11-21-35(27-36)38-24-12-20-30-13-9-10-23-37(30)38/h1-29,45H,(H,48,49,50). The molecule has 1 atom stereocenters. The second kappa shape index (κ2) is 12.0. The van der Waals surface area contributed by atoms with Crippen LogP contribution in [0.2, 0.25) is 0 Å². The third-order valence-electron chi connectivity index (χ3n) is 9.91. The van der Waals surface area contributed by atoms with E-state index in [1.807, 2.05) is 36.4 Å². The van der Waals surface area contributed by atoms with Gasteiger partial charge in [0.25, 0.3) is 0 Å². The molecule has 0 aliphatic carbocycles. The van der Waals surface area contributed by atoms with E-state index in [-0.39, 0.29) is 6.17 Å². The molecule has 0 saturated carbocycles. The average Bonchev–Trinajstić information content (AvgIpc) is 3.58. The Labute approximate surface area is 295 Å². The molecule has 0 fully saturated rings. The summed E-state index contributed by atoms with van der Waals surface area (Å²) in [5, 5.41) is 10.5. The van der Waals surface area contributed by atoms with Crippen LogP contribution in [-0.4, -0.2) is 11.7 Å². The molecule has 1 aliphatic heterocycles. The number of rotatable bonds is 5. The van der Waals surface area contributed by atoms with Crippen molar-refractivity contribution in [2.24, 2.45) is 9.98 Å². The van der Waals surface area contributed by atoms with Crippen molar-refractivity contribution in [2.75, 3.05) is 0 Å². The van der Waals surface area contributed by atoms with Gasteiger partial charge in [-0.25, -0.2) is 9.98 Å². The van der Waals surface area contributed by atoms with E-state index in [0.717, 1.165) is 71.9 Å². The van der Waals surface area contributed by atoms with Crippen LogP contribution in [0.3, 0.4) is 0 Å². The van der Waals surface area contributed by atoms with Crippen molar-refractivity contribution in [2.45, 2.75) is 6.17 Å². The van der Waals surface area contributed by atoms with E-state index in [1.165, 1.54) is 16.3 Å². The Balaban J connectivity index is 1.20. The maximum atomic E-state index is 6.90. The van der Waals surface area contributed by atoms with Gasteiger partial charge in [-0.1, -0.05) is 146 Å². The summed E-state index contributed by atoms with van der Waals surface area (Å²) >= 11 is 0. The summed E-state index contributed by atoms with van der Waals surface area (Å²) in [6, 6.07) is 61.6. The van der Waals surface area contributed by atoms with Gasteiger partial charge in [-0.2, -0.15) is 0 Å². The minimum Gasteiger partial charge on any atom is -0.455 e. The first kappa shape index (κ1) is 29.2. The Morgan fingerprint density at radius 1 is 0.471 bits per heavy atom. The van der Waals surface area contributed by atoms with Gasteiger partial charge in [0, 0.05) is 27.5 Å². The number of amidine groups is 2. The molecule has 8 aromatic carbocycles. The highest BCUT2D eigenvalue weighted by molar-refractivity contribution is 6.24. The summed E-state index contributed by atoms with van der Waals surface area (Å²) in [7, 11) is 0. The number of nitrogens with one attached hydrogen (secondary N) is 1. The van der Waals surface area contributed by atoms with Crippen LogP contribution < -0.4 is 5.32 Å². The van der Waals surface area contributed by atoms with Crippen LogP contribution >= 0.6 is 0 Å². The molecule has 1 aliphatic rings. The van der Waals surface area contributed by atoms with Crippen LogP contribution in [0.25, 0.3) is 65.7 Å². The van der Waals surface area contributed by atoms with E-state index in [1.54, 1.807) is 0 Å². The first-order valence-corrected chi connectivity index (χ1v) is 17.3. The second-order valence-electron chi connectivity index (χ2n) is 13.0. The molecule has 10 rings (SSSR count). The summed E-state index contributed by atoms with van der Waals surface area (Å²) in [6.45, 7) is 0. The van der Waals surface area contributed by atoms with E-state index < -0.39 is 0 Å². The third-order valence-corrected chi connectivity index (χ3v) is 9.91. The van der Waals surface area contributed by atoms with Gasteiger partial charge in [0.05, 0.1) is 0 Å². The van der Waals surface area contributed by atoms with Gasteiger partial charge in [-0.3, -0.25) is 0 Å². The number of fused-ring (bicyclic) bond motifs is 5. The van der Waals surface area contributed by atoms with Gasteiger partial charge >= 0.3 is 0 Å². The minimum atomic E-state index is -0.306. The predicted octanol–water partition coefficient (Wildman–Crippen LogP) is 11.7. The first-order chi connectivity index (χ1) is 25.3. The van der Waals surface area contributed by atoms with Crippen LogP contribution in [0.15, 0.2) is 190 Å². The maximum absolute atomic E-state index is 6.90. The summed E-state index contributed by atoms with van der Waals surface area (Å²) in [5.74, 6) is 1.45. The highest BCUT2D eigenvalue weighted by atomic mass is 16.3. The van der Waals surface area contributed by atoms with E-state index in [9.17, 15) is 0 Å². The lowest BCUT2D eigenvalue weighted by atomic mass is 9.93. The van der Waals surface area contributed by atoms with Crippen molar-refractivity contribution < 1.29 is 4.42 Å². The Kier molecular flexibility index (Phi) is 6.85. The zero-order valence-corrected chi connectivity index (χ0v) is 27.6. The van der Waals surface area contributed by atoms with E-state index >= 15 is 0 Å². The molecule has 0 amide bonds. The molecule has 240 valence electrons. The SMILES string of the molecule is c1ccc(C2=NC(c3ccccc3)NC(c3ccc(-c4cccc(-c5cccc6ccccc56)c4)c4oc5cc6ccccc6cc5c34)=N2)cc1. The number of hydrogen-bond donors (Lipinski definition) is 1. The molecule has 1 aromatic heterocycles. The molecule has 51 heavy (non-hydrogen) atoms. The number of nitrogens with zero attached hydrogens (tertiary/aromatic N) is 2. The first-order valence-electron chi connectivity index (χ1n) is 17.3. The van der Waals surface area contributed by atoms with Crippen molar-refractivity contribution in [1.82, 2.24) is 5.32 Å². The Bertz CT molecular complexity index is 2830. The largest absolute Gasteiger partial charge is 0.455 e. The molecule has 4 nitrogen and oxygen atoms in total. The predicted molar refractivity (Wildman–Crippen MR) is 211 cm³/mol. The van der Waals surface area contributed by atoms with Gasteiger partial charge < -0.3 is 9.73 Å². The molecule has 2 heterocycles. The fraction of sp³-hybridized carbons (Fsp3) is 0.0213. The molecule has 1 N–H and O–H groups in total. The lowest BCUT2D eigenvalue weighted by Gasteiger charge is -2.24. The molecule has 9 aromatic rings. The Morgan fingerprint density at radius 2 is 1.10 bits per heavy atom. The van der Waals surface area contributed by atoms with Crippen LogP contribution in [0.4, 0.5) is 0 Å². The lowest BCUT2D eigenvalue weighted by molar-refractivity contribution is 0.669. The smallest absolute Gasteiger partial charge is 0.159 e. The molecular weight excluding hydrogens is 623 g/mol. The molecule has 0 spiro atoms. The Hall–Kier alpha value is -6.78. The third kappa shape index (κ3) is 5.08. The average molecular weight is 654 g/mol. The molecular formula is C47H31N3O. The minimum absolute atomic E-state index is 0.306. The van der Waals surface area contributed by atoms with Gasteiger partial charge in [-0.15, -0.1) is 0 Å². The molecule has 0 bridgehead atoms. The topological polar surface area (TPSA) is 49.9 Å². The highest BCUT2D eigenvalue weighted by Crippen LogP contribution is 2.41. The summed E-state index contributed by atoms with van der Waals surface area (Å²) in [5.41, 5.74) is 9.18. The molecule has 0 radical (unpaired) electrons. The summed E-state index contributed by atoms with van der Waals surface area (Å²) in [6.07, 6.45) is -0.306. The van der Waals surface area contributed by atoms with Gasteiger partial charge in [0.1, 0.15) is 23.2 Å². The Morgan fingerprint density at radius 3 is 1.92 bits per heavy atom. The van der Waals surface area contributed by atoms with Gasteiger partial charge in [0.15, 0.2) is 5.84 Å². The van der Waals surface area contributed by atoms with E-state index in [0.29, 0.717) is 5.84 Å². The zero-order valence-electron chi connectivity index (χ0n) is 27.6. The fourth-order valence-electron chi connectivity index (χ4n) is 7.43. The molecule has 4 heteroatoms. The molecule has 0 saturated heterocycles. The number of hydrogen-bond acceptors (Lipinski definition) is 4. The van der Waals surface area contributed by atoms with Crippen LogP contribution in [-0.2, 0) is 0 Å². The van der Waals surface area contributed by atoms with Crippen LogP contribution in [0.5, 0.6) is 0 Å². The number of furan rings is 1. The quantitative estimate of drug-likeness (QED) is 0.201. The van der Waals surface area contributed by atoms with E-state index in [4.69, 9.17) is 14.4 Å².